The second-order valence-electron chi connectivity index (χ2n) is 4.59. The molecule has 2 nitrogen and oxygen atoms in total. The summed E-state index contributed by atoms with van der Waals surface area (Å²) in [6.07, 6.45) is 2.13. The fourth-order valence-electron chi connectivity index (χ4n) is 2.10. The first-order chi connectivity index (χ1) is 9.61. The van der Waals surface area contributed by atoms with Gasteiger partial charge in [0.15, 0.2) is 0 Å². The molecule has 20 heavy (non-hydrogen) atoms. The number of nitrogens with one attached hydrogen (secondary N) is 1. The molecule has 104 valence electrons. The number of thiocarbonyl (C=S) groups is 1. The molecule has 0 bridgehead atoms. The number of nitrogens with two attached hydrogens (primary N) is 1. The predicted octanol–water partition coefficient (Wildman–Crippen LogP) is 4.67. The number of halogens is 1. The zero-order valence-corrected chi connectivity index (χ0v) is 12.9. The van der Waals surface area contributed by atoms with Crippen LogP contribution >= 0.6 is 23.8 Å². The van der Waals surface area contributed by atoms with Crippen LogP contribution in [-0.4, -0.2) is 4.99 Å². The number of aryl methyl sites for hydroxylation is 1. The molecule has 0 aliphatic carbocycles. The largest absolute Gasteiger partial charge is 0.389 e. The summed E-state index contributed by atoms with van der Waals surface area (Å²) >= 11 is 11.1. The highest BCUT2D eigenvalue weighted by atomic mass is 35.5. The first-order valence-corrected chi connectivity index (χ1v) is 7.34. The van der Waals surface area contributed by atoms with E-state index in [0.29, 0.717) is 10.0 Å². The van der Waals surface area contributed by atoms with E-state index in [-0.39, 0.29) is 0 Å². The smallest absolute Gasteiger partial charge is 0.106 e. The van der Waals surface area contributed by atoms with Gasteiger partial charge in [0.2, 0.25) is 0 Å². The molecular weight excluding hydrogens is 288 g/mol. The highest BCUT2D eigenvalue weighted by molar-refractivity contribution is 7.80. The lowest BCUT2D eigenvalue weighted by molar-refractivity contribution is 0.923. The van der Waals surface area contributed by atoms with E-state index in [1.807, 2.05) is 24.3 Å². The van der Waals surface area contributed by atoms with Crippen molar-refractivity contribution in [3.8, 4) is 0 Å². The van der Waals surface area contributed by atoms with E-state index >= 15 is 0 Å². The zero-order valence-electron chi connectivity index (χ0n) is 11.3. The fraction of sp³-hybridized carbons (Fsp3) is 0.188. The first-order valence-electron chi connectivity index (χ1n) is 6.56. The first kappa shape index (κ1) is 14.8. The summed E-state index contributed by atoms with van der Waals surface area (Å²) < 4.78 is 0. The molecule has 0 amide bonds. The average Bonchev–Trinajstić information content (AvgIpc) is 2.43. The minimum atomic E-state index is 0.336. The van der Waals surface area contributed by atoms with E-state index in [0.717, 1.165) is 29.8 Å². The molecule has 0 atom stereocenters. The highest BCUT2D eigenvalue weighted by Crippen LogP contribution is 2.26. The van der Waals surface area contributed by atoms with Crippen molar-refractivity contribution in [3.63, 3.8) is 0 Å². The molecule has 0 heterocycles. The van der Waals surface area contributed by atoms with Gasteiger partial charge in [-0.25, -0.2) is 0 Å². The van der Waals surface area contributed by atoms with Crippen LogP contribution in [0.1, 0.15) is 24.5 Å². The molecule has 0 saturated carbocycles. The zero-order chi connectivity index (χ0) is 14.5. The number of rotatable bonds is 5. The van der Waals surface area contributed by atoms with Gasteiger partial charge in [-0.05, 0) is 36.2 Å². The maximum atomic E-state index is 6.00. The van der Waals surface area contributed by atoms with Gasteiger partial charge in [-0.1, -0.05) is 55.4 Å². The van der Waals surface area contributed by atoms with Crippen molar-refractivity contribution in [2.24, 2.45) is 5.73 Å². The topological polar surface area (TPSA) is 38.0 Å². The molecule has 0 spiro atoms. The lowest BCUT2D eigenvalue weighted by atomic mass is 10.1. The van der Waals surface area contributed by atoms with Crippen LogP contribution in [0.15, 0.2) is 42.5 Å². The van der Waals surface area contributed by atoms with Gasteiger partial charge in [-0.3, -0.25) is 0 Å². The van der Waals surface area contributed by atoms with E-state index < -0.39 is 0 Å². The number of hydrogen-bond donors (Lipinski definition) is 2. The highest BCUT2D eigenvalue weighted by Gasteiger charge is 2.08. The van der Waals surface area contributed by atoms with Gasteiger partial charge in [0.1, 0.15) is 4.99 Å². The van der Waals surface area contributed by atoms with Crippen molar-refractivity contribution in [3.05, 3.63) is 58.6 Å². The predicted molar refractivity (Wildman–Crippen MR) is 91.1 cm³/mol. The van der Waals surface area contributed by atoms with Gasteiger partial charge in [0.25, 0.3) is 0 Å². The van der Waals surface area contributed by atoms with E-state index in [4.69, 9.17) is 29.6 Å². The van der Waals surface area contributed by atoms with E-state index in [2.05, 4.69) is 24.4 Å². The molecule has 4 heteroatoms. The van der Waals surface area contributed by atoms with Crippen LogP contribution < -0.4 is 11.1 Å². The van der Waals surface area contributed by atoms with Gasteiger partial charge in [-0.15, -0.1) is 0 Å². The Morgan fingerprint density at radius 2 is 1.95 bits per heavy atom. The van der Waals surface area contributed by atoms with Gasteiger partial charge in [-0.2, -0.15) is 0 Å². The Kier molecular flexibility index (Phi) is 4.99. The van der Waals surface area contributed by atoms with Crippen LogP contribution in [0.25, 0.3) is 0 Å². The molecule has 0 aliphatic rings. The van der Waals surface area contributed by atoms with Crippen molar-refractivity contribution in [1.29, 1.82) is 0 Å². The average molecular weight is 305 g/mol. The SMILES string of the molecule is CCCc1ccccc1Nc1ccc(Cl)cc1C(N)=S. The number of benzene rings is 2. The second kappa shape index (κ2) is 6.73. The summed E-state index contributed by atoms with van der Waals surface area (Å²) in [7, 11) is 0. The van der Waals surface area contributed by atoms with Gasteiger partial charge in [0, 0.05) is 22.0 Å². The van der Waals surface area contributed by atoms with Crippen LogP contribution in [0.3, 0.4) is 0 Å². The third kappa shape index (κ3) is 3.50. The Bertz CT molecular complexity index is 626. The molecule has 2 aromatic carbocycles. The fourth-order valence-corrected chi connectivity index (χ4v) is 2.44. The van der Waals surface area contributed by atoms with Gasteiger partial charge >= 0.3 is 0 Å². The van der Waals surface area contributed by atoms with Crippen molar-refractivity contribution < 1.29 is 0 Å². The van der Waals surface area contributed by atoms with Gasteiger partial charge < -0.3 is 11.1 Å². The maximum Gasteiger partial charge on any atom is 0.106 e. The quantitative estimate of drug-likeness (QED) is 0.788. The maximum absolute atomic E-state index is 6.00. The number of hydrogen-bond acceptors (Lipinski definition) is 2. The normalized spacial score (nSPS) is 10.3. The Labute approximate surface area is 130 Å². The Morgan fingerprint density at radius 1 is 1.20 bits per heavy atom. The molecule has 0 aliphatic heterocycles. The standard InChI is InChI=1S/C16H17ClN2S/c1-2-5-11-6-3-4-7-14(11)19-15-9-8-12(17)10-13(15)16(18)20/h3-4,6-10,19H,2,5H2,1H3,(H2,18,20). The molecule has 0 saturated heterocycles. The Hall–Kier alpha value is -1.58. The third-order valence-corrected chi connectivity index (χ3v) is 3.51. The Morgan fingerprint density at radius 3 is 2.65 bits per heavy atom. The number of anilines is 2. The Balaban J connectivity index is 2.37. The summed E-state index contributed by atoms with van der Waals surface area (Å²) in [4.78, 5) is 0.336. The van der Waals surface area contributed by atoms with Crippen molar-refractivity contribution in [2.45, 2.75) is 19.8 Å². The molecule has 3 N–H and O–H groups in total. The van der Waals surface area contributed by atoms with E-state index in [1.165, 1.54) is 5.56 Å². The van der Waals surface area contributed by atoms with Crippen molar-refractivity contribution in [1.82, 2.24) is 0 Å². The second-order valence-corrected chi connectivity index (χ2v) is 5.46. The molecule has 2 aromatic rings. The lowest BCUT2D eigenvalue weighted by Gasteiger charge is -2.15. The molecule has 2 rings (SSSR count). The minimum Gasteiger partial charge on any atom is -0.389 e. The van der Waals surface area contributed by atoms with E-state index in [9.17, 15) is 0 Å². The molecular formula is C16H17ClN2S. The summed E-state index contributed by atoms with van der Waals surface area (Å²) in [5.41, 5.74) is 9.76. The summed E-state index contributed by atoms with van der Waals surface area (Å²) in [6.45, 7) is 2.17. The molecule has 0 radical (unpaired) electrons. The van der Waals surface area contributed by atoms with Crippen molar-refractivity contribution >= 4 is 40.2 Å². The van der Waals surface area contributed by atoms with Crippen LogP contribution in [0.4, 0.5) is 11.4 Å². The molecule has 0 fully saturated rings. The van der Waals surface area contributed by atoms with Crippen LogP contribution in [0, 0.1) is 0 Å². The van der Waals surface area contributed by atoms with Gasteiger partial charge in [0.05, 0.1) is 0 Å². The van der Waals surface area contributed by atoms with Crippen LogP contribution in [-0.2, 0) is 6.42 Å². The summed E-state index contributed by atoms with van der Waals surface area (Å²) in [6, 6.07) is 13.8. The summed E-state index contributed by atoms with van der Waals surface area (Å²) in [5, 5.41) is 4.03. The van der Waals surface area contributed by atoms with Crippen molar-refractivity contribution in [2.75, 3.05) is 5.32 Å². The minimum absolute atomic E-state index is 0.336. The molecule has 0 aromatic heterocycles. The molecule has 0 unspecified atom stereocenters. The van der Waals surface area contributed by atoms with Crippen LogP contribution in [0.5, 0.6) is 0 Å². The monoisotopic (exact) mass is 304 g/mol. The summed E-state index contributed by atoms with van der Waals surface area (Å²) in [5.74, 6) is 0. The number of para-hydroxylation sites is 1. The third-order valence-electron chi connectivity index (χ3n) is 3.05. The van der Waals surface area contributed by atoms with E-state index in [1.54, 1.807) is 6.07 Å². The van der Waals surface area contributed by atoms with Crippen LogP contribution in [0.2, 0.25) is 5.02 Å². The lowest BCUT2D eigenvalue weighted by Crippen LogP contribution is -2.12.